The molecular weight excluding hydrogens is 314 g/mol. The number of hydrogen-bond donors (Lipinski definition) is 2. The van der Waals surface area contributed by atoms with E-state index < -0.39 is 11.9 Å². The zero-order valence-corrected chi connectivity index (χ0v) is 14.2. The Bertz CT molecular complexity index is 793. The first kappa shape index (κ1) is 15.6. The van der Waals surface area contributed by atoms with Gasteiger partial charge < -0.3 is 10.2 Å². The number of nitrogens with zero attached hydrogens (tertiary/aromatic N) is 1. The maximum atomic E-state index is 11.7. The molecule has 0 spiro atoms. The summed E-state index contributed by atoms with van der Waals surface area (Å²) in [6.45, 7) is 6.34. The van der Waals surface area contributed by atoms with Crippen molar-refractivity contribution in [3.05, 3.63) is 40.1 Å². The molecule has 23 heavy (non-hydrogen) atoms. The predicted molar refractivity (Wildman–Crippen MR) is 92.2 cm³/mol. The standard InChI is InChI=1S/C17H18ClN3O2/c1-9-8-17(2,3)21(4)14-7-12(18)10(5-11(9)14)6-13-15(22)20-16(23)19-13/h5-8H,1-4H3,(H2,19,20,22,23)/b13-6-. The Kier molecular flexibility index (Phi) is 3.48. The number of likely N-dealkylation sites (N-methyl/N-ethyl adjacent to an activating group) is 1. The van der Waals surface area contributed by atoms with E-state index in [-0.39, 0.29) is 11.2 Å². The Morgan fingerprint density at radius 1 is 1.22 bits per heavy atom. The highest BCUT2D eigenvalue weighted by atomic mass is 35.5. The number of urea groups is 1. The van der Waals surface area contributed by atoms with Crippen LogP contribution in [0.25, 0.3) is 11.6 Å². The minimum atomic E-state index is -0.520. The van der Waals surface area contributed by atoms with E-state index in [0.29, 0.717) is 10.6 Å². The number of rotatable bonds is 1. The van der Waals surface area contributed by atoms with Gasteiger partial charge >= 0.3 is 6.03 Å². The first-order valence-corrected chi connectivity index (χ1v) is 7.68. The summed E-state index contributed by atoms with van der Waals surface area (Å²) in [6.07, 6.45) is 3.79. The Morgan fingerprint density at radius 2 is 1.91 bits per heavy atom. The maximum Gasteiger partial charge on any atom is 0.326 e. The van der Waals surface area contributed by atoms with Crippen molar-refractivity contribution in [3.63, 3.8) is 0 Å². The molecule has 0 aliphatic carbocycles. The summed E-state index contributed by atoms with van der Waals surface area (Å²) in [5, 5.41) is 5.18. The van der Waals surface area contributed by atoms with E-state index in [9.17, 15) is 9.59 Å². The molecule has 2 aliphatic heterocycles. The van der Waals surface area contributed by atoms with Crippen LogP contribution in [0.2, 0.25) is 5.02 Å². The number of benzene rings is 1. The van der Waals surface area contributed by atoms with Crippen LogP contribution in [0.3, 0.4) is 0 Å². The second-order valence-corrected chi connectivity index (χ2v) is 6.80. The van der Waals surface area contributed by atoms with E-state index in [0.717, 1.165) is 16.8 Å². The fourth-order valence-corrected chi connectivity index (χ4v) is 3.15. The molecule has 0 radical (unpaired) electrons. The average molecular weight is 332 g/mol. The van der Waals surface area contributed by atoms with Crippen molar-refractivity contribution in [1.82, 2.24) is 10.6 Å². The molecule has 0 unspecified atom stereocenters. The number of carbonyl (C=O) groups excluding carboxylic acids is 2. The molecule has 0 aromatic heterocycles. The number of amides is 3. The van der Waals surface area contributed by atoms with Crippen LogP contribution in [0.1, 0.15) is 31.9 Å². The molecule has 5 nitrogen and oxygen atoms in total. The molecule has 1 fully saturated rings. The third kappa shape index (κ3) is 2.61. The largest absolute Gasteiger partial charge is 0.365 e. The number of anilines is 1. The molecule has 0 saturated carbocycles. The lowest BCUT2D eigenvalue weighted by Crippen LogP contribution is -2.42. The summed E-state index contributed by atoms with van der Waals surface area (Å²) in [7, 11) is 2.03. The zero-order valence-electron chi connectivity index (χ0n) is 13.5. The summed E-state index contributed by atoms with van der Waals surface area (Å²) in [4.78, 5) is 25.0. The van der Waals surface area contributed by atoms with Crippen LogP contribution in [0, 0.1) is 0 Å². The fourth-order valence-electron chi connectivity index (χ4n) is 2.94. The van der Waals surface area contributed by atoms with Crippen molar-refractivity contribution < 1.29 is 9.59 Å². The first-order chi connectivity index (χ1) is 10.7. The highest BCUT2D eigenvalue weighted by Gasteiger charge is 2.29. The smallest absolute Gasteiger partial charge is 0.326 e. The average Bonchev–Trinajstić information content (AvgIpc) is 2.76. The number of hydrogen-bond acceptors (Lipinski definition) is 3. The highest BCUT2D eigenvalue weighted by molar-refractivity contribution is 6.32. The molecule has 1 saturated heterocycles. The van der Waals surface area contributed by atoms with Crippen LogP contribution in [0.5, 0.6) is 0 Å². The van der Waals surface area contributed by atoms with E-state index in [1.807, 2.05) is 19.2 Å². The van der Waals surface area contributed by atoms with Crippen LogP contribution in [-0.2, 0) is 4.79 Å². The lowest BCUT2D eigenvalue weighted by molar-refractivity contribution is -0.115. The van der Waals surface area contributed by atoms with Crippen LogP contribution in [0.15, 0.2) is 23.9 Å². The zero-order chi connectivity index (χ0) is 16.9. The van der Waals surface area contributed by atoms with E-state index >= 15 is 0 Å². The topological polar surface area (TPSA) is 61.4 Å². The molecule has 1 aromatic rings. The Labute approximate surface area is 140 Å². The van der Waals surface area contributed by atoms with Crippen LogP contribution in [0.4, 0.5) is 10.5 Å². The summed E-state index contributed by atoms with van der Waals surface area (Å²) in [5.41, 5.74) is 4.05. The van der Waals surface area contributed by atoms with Gasteiger partial charge in [-0.05, 0) is 50.1 Å². The molecule has 0 bridgehead atoms. The van der Waals surface area contributed by atoms with Crippen molar-refractivity contribution >= 4 is 40.9 Å². The summed E-state index contributed by atoms with van der Waals surface area (Å²) >= 11 is 6.39. The number of fused-ring (bicyclic) bond motifs is 1. The van der Waals surface area contributed by atoms with Gasteiger partial charge in [-0.2, -0.15) is 0 Å². The van der Waals surface area contributed by atoms with Crippen molar-refractivity contribution in [1.29, 1.82) is 0 Å². The molecule has 3 amide bonds. The van der Waals surface area contributed by atoms with Gasteiger partial charge in [-0.1, -0.05) is 17.7 Å². The summed E-state index contributed by atoms with van der Waals surface area (Å²) < 4.78 is 0. The Hall–Kier alpha value is -2.27. The predicted octanol–water partition coefficient (Wildman–Crippen LogP) is 3.15. The molecule has 1 aromatic carbocycles. The van der Waals surface area contributed by atoms with Crippen molar-refractivity contribution in [3.8, 4) is 0 Å². The van der Waals surface area contributed by atoms with Gasteiger partial charge in [0.2, 0.25) is 0 Å². The van der Waals surface area contributed by atoms with E-state index in [4.69, 9.17) is 11.6 Å². The molecule has 0 atom stereocenters. The SMILES string of the molecule is CC1=CC(C)(C)N(C)c2cc(Cl)c(/C=C3\NC(=O)NC3=O)cc21. The molecule has 2 heterocycles. The fraction of sp³-hybridized carbons (Fsp3) is 0.294. The number of allylic oxidation sites excluding steroid dienone is 1. The van der Waals surface area contributed by atoms with Gasteiger partial charge in [0.1, 0.15) is 5.70 Å². The maximum absolute atomic E-state index is 11.7. The van der Waals surface area contributed by atoms with Crippen LogP contribution in [-0.4, -0.2) is 24.5 Å². The quantitative estimate of drug-likeness (QED) is 0.614. The van der Waals surface area contributed by atoms with E-state index in [1.54, 1.807) is 6.08 Å². The first-order valence-electron chi connectivity index (χ1n) is 7.30. The molecule has 120 valence electrons. The van der Waals surface area contributed by atoms with Gasteiger partial charge in [0.15, 0.2) is 0 Å². The van der Waals surface area contributed by atoms with Gasteiger partial charge in [-0.3, -0.25) is 10.1 Å². The summed E-state index contributed by atoms with van der Waals surface area (Å²) in [6, 6.07) is 3.32. The van der Waals surface area contributed by atoms with E-state index in [1.165, 1.54) is 0 Å². The van der Waals surface area contributed by atoms with Gasteiger partial charge in [0, 0.05) is 23.3 Å². The normalized spacial score (nSPS) is 21.0. The van der Waals surface area contributed by atoms with Gasteiger partial charge in [0.25, 0.3) is 5.91 Å². The van der Waals surface area contributed by atoms with Crippen LogP contribution < -0.4 is 15.5 Å². The molecule has 2 N–H and O–H groups in total. The Balaban J connectivity index is 2.10. The molecule has 6 heteroatoms. The Morgan fingerprint density at radius 3 is 2.52 bits per heavy atom. The van der Waals surface area contributed by atoms with Crippen molar-refractivity contribution in [2.75, 3.05) is 11.9 Å². The molecule has 2 aliphatic rings. The van der Waals surface area contributed by atoms with Gasteiger partial charge in [-0.25, -0.2) is 4.79 Å². The number of carbonyl (C=O) groups is 2. The second kappa shape index (κ2) is 5.13. The minimum Gasteiger partial charge on any atom is -0.365 e. The highest BCUT2D eigenvalue weighted by Crippen LogP contribution is 2.40. The van der Waals surface area contributed by atoms with Gasteiger partial charge in [0.05, 0.1) is 5.54 Å². The third-order valence-electron chi connectivity index (χ3n) is 4.36. The minimum absolute atomic E-state index is 0.0975. The second-order valence-electron chi connectivity index (χ2n) is 6.40. The van der Waals surface area contributed by atoms with Crippen molar-refractivity contribution in [2.45, 2.75) is 26.3 Å². The van der Waals surface area contributed by atoms with Crippen LogP contribution >= 0.6 is 11.6 Å². The molecule has 3 rings (SSSR count). The van der Waals surface area contributed by atoms with Crippen molar-refractivity contribution in [2.24, 2.45) is 0 Å². The lowest BCUT2D eigenvalue weighted by Gasteiger charge is -2.40. The van der Waals surface area contributed by atoms with E-state index in [2.05, 4.69) is 42.4 Å². The lowest BCUT2D eigenvalue weighted by atomic mass is 9.88. The number of imide groups is 1. The summed E-state index contributed by atoms with van der Waals surface area (Å²) in [5.74, 6) is -0.450. The molecular formula is C17H18ClN3O2. The third-order valence-corrected chi connectivity index (χ3v) is 4.68. The number of halogens is 1. The number of nitrogens with one attached hydrogen (secondary N) is 2. The monoisotopic (exact) mass is 331 g/mol. The van der Waals surface area contributed by atoms with Gasteiger partial charge in [-0.15, -0.1) is 0 Å².